The minimum absolute atomic E-state index is 0.00105. The lowest BCUT2D eigenvalue weighted by atomic mass is 9.74. The van der Waals surface area contributed by atoms with Crippen LogP contribution in [0.25, 0.3) is 0 Å². The van der Waals surface area contributed by atoms with Crippen molar-refractivity contribution in [2.24, 2.45) is 11.8 Å². The molecule has 0 bridgehead atoms. The highest BCUT2D eigenvalue weighted by Crippen LogP contribution is 2.65. The second-order valence-electron chi connectivity index (χ2n) is 12.0. The summed E-state index contributed by atoms with van der Waals surface area (Å²) in [6.45, 7) is 11.1. The first-order valence-electron chi connectivity index (χ1n) is 15.2. The fourth-order valence-electron chi connectivity index (χ4n) is 7.37. The highest BCUT2D eigenvalue weighted by Gasteiger charge is 2.73. The molecule has 3 fully saturated rings. The zero-order valence-electron chi connectivity index (χ0n) is 24.1. The van der Waals surface area contributed by atoms with E-state index in [1.54, 1.807) is 11.8 Å². The highest BCUT2D eigenvalue weighted by molar-refractivity contribution is 8.02. The molecule has 222 valence electrons. The Labute approximate surface area is 242 Å². The summed E-state index contributed by atoms with van der Waals surface area (Å²) in [6, 6.07) is -0.624. The molecule has 1 N–H and O–H groups in total. The Morgan fingerprint density at radius 2 is 1.57 bits per heavy atom. The third-order valence-electron chi connectivity index (χ3n) is 9.31. The molecular weight excluding hydrogens is 528 g/mol. The summed E-state index contributed by atoms with van der Waals surface area (Å²) in [4.78, 5) is 50.9. The zero-order valence-corrected chi connectivity index (χ0v) is 24.9. The van der Waals surface area contributed by atoms with Gasteiger partial charge in [-0.25, -0.2) is 0 Å². The van der Waals surface area contributed by atoms with Gasteiger partial charge in [-0.3, -0.25) is 19.3 Å². The van der Waals surface area contributed by atoms with Crippen molar-refractivity contribution in [1.29, 1.82) is 0 Å². The number of hydrogen-bond acceptors (Lipinski definition) is 7. The third-order valence-corrected chi connectivity index (χ3v) is 11.1. The Morgan fingerprint density at radius 3 is 2.30 bits per heavy atom. The Bertz CT molecular complexity index is 1020. The predicted molar refractivity (Wildman–Crippen MR) is 156 cm³/mol. The first-order chi connectivity index (χ1) is 19.4. The number of aliphatic hydroxyl groups excluding tert-OH is 1. The van der Waals surface area contributed by atoms with E-state index >= 15 is 0 Å². The van der Waals surface area contributed by atoms with E-state index < -0.39 is 27.4 Å². The van der Waals surface area contributed by atoms with Crippen LogP contribution in [0, 0.1) is 11.8 Å². The molecule has 0 radical (unpaired) electrons. The Morgan fingerprint density at radius 1 is 0.875 bits per heavy atom. The van der Waals surface area contributed by atoms with Crippen molar-refractivity contribution in [2.75, 3.05) is 72.2 Å². The number of likely N-dealkylation sites (tertiary alicyclic amines) is 1. The molecule has 5 atom stereocenters. The second kappa shape index (κ2) is 12.5. The molecule has 0 aromatic heterocycles. The average molecular weight is 575 g/mol. The van der Waals surface area contributed by atoms with Crippen molar-refractivity contribution in [2.45, 2.75) is 61.5 Å². The fraction of sp³-hybridized carbons (Fsp3) is 0.767. The van der Waals surface area contributed by atoms with Crippen LogP contribution in [0.3, 0.4) is 0 Å². The summed E-state index contributed by atoms with van der Waals surface area (Å²) in [5, 5.41) is 9.19. The van der Waals surface area contributed by atoms with E-state index in [9.17, 15) is 19.5 Å². The molecule has 3 saturated heterocycles. The lowest BCUT2D eigenvalue weighted by Gasteiger charge is -2.37. The van der Waals surface area contributed by atoms with Gasteiger partial charge in [0.1, 0.15) is 6.04 Å². The van der Waals surface area contributed by atoms with E-state index in [1.807, 2.05) is 14.7 Å². The molecule has 5 rings (SSSR count). The molecule has 3 amide bonds. The van der Waals surface area contributed by atoms with Gasteiger partial charge in [-0.15, -0.1) is 11.8 Å². The van der Waals surface area contributed by atoms with Crippen molar-refractivity contribution < 1.29 is 24.2 Å². The standard InChI is InChI=1S/C30H46N4O5S/c1-3-12-32-13-8-10-29(2)23(26(32)36)24-27(37)34(15-6-4-5-7-20-35)25-28(38)33(14-9-11-30(24,25)40-29)17-16-31-18-21-39-22-19-31/h8-11,23-25,35H,3-7,12-22H2,1-2H3/t23-,24-,25?,29+,30-/m0/s1. The smallest absolute Gasteiger partial charge is 0.247 e. The summed E-state index contributed by atoms with van der Waals surface area (Å²) in [5.41, 5.74) is 0. The van der Waals surface area contributed by atoms with Crippen LogP contribution in [-0.2, 0) is 19.1 Å². The number of thioether (sulfide) groups is 1. The number of carbonyl (C=O) groups is 3. The van der Waals surface area contributed by atoms with Gasteiger partial charge in [-0.05, 0) is 26.2 Å². The van der Waals surface area contributed by atoms with Crippen molar-refractivity contribution in [1.82, 2.24) is 19.6 Å². The minimum atomic E-state index is -0.776. The van der Waals surface area contributed by atoms with Gasteiger partial charge in [-0.1, -0.05) is 44.1 Å². The molecule has 0 aromatic rings. The van der Waals surface area contributed by atoms with Crippen molar-refractivity contribution in [3.63, 3.8) is 0 Å². The second-order valence-corrected chi connectivity index (χ2v) is 13.8. The molecule has 0 saturated carbocycles. The molecule has 5 aliphatic heterocycles. The van der Waals surface area contributed by atoms with Crippen LogP contribution in [0.1, 0.15) is 46.0 Å². The third kappa shape index (κ3) is 5.37. The Kier molecular flexibility index (Phi) is 9.29. The molecular formula is C30H46N4O5S. The van der Waals surface area contributed by atoms with Crippen LogP contribution in [0.15, 0.2) is 24.3 Å². The number of fused-ring (bicyclic) bond motifs is 2. The summed E-state index contributed by atoms with van der Waals surface area (Å²) in [7, 11) is 0. The largest absolute Gasteiger partial charge is 0.396 e. The molecule has 10 heteroatoms. The molecule has 5 heterocycles. The molecule has 1 unspecified atom stereocenters. The van der Waals surface area contributed by atoms with Gasteiger partial charge >= 0.3 is 0 Å². The number of morpholine rings is 1. The van der Waals surface area contributed by atoms with E-state index in [1.165, 1.54) is 0 Å². The number of rotatable bonds is 11. The minimum Gasteiger partial charge on any atom is -0.396 e. The lowest BCUT2D eigenvalue weighted by molar-refractivity contribution is -0.145. The van der Waals surface area contributed by atoms with Crippen LogP contribution in [0.5, 0.6) is 0 Å². The molecule has 5 aliphatic rings. The van der Waals surface area contributed by atoms with Crippen LogP contribution in [0.2, 0.25) is 0 Å². The molecule has 40 heavy (non-hydrogen) atoms. The topological polar surface area (TPSA) is 93.6 Å². The maximum absolute atomic E-state index is 14.4. The molecule has 9 nitrogen and oxygen atoms in total. The van der Waals surface area contributed by atoms with E-state index in [0.717, 1.165) is 51.7 Å². The predicted octanol–water partition coefficient (Wildman–Crippen LogP) is 1.77. The normalized spacial score (nSPS) is 34.2. The summed E-state index contributed by atoms with van der Waals surface area (Å²) in [6.07, 6.45) is 12.6. The van der Waals surface area contributed by atoms with Crippen molar-refractivity contribution in [3.05, 3.63) is 24.3 Å². The SMILES string of the molecule is CCCN1CC=C[C@@]2(C)S[C@]34C=CCN(CCN5CCOCC5)C(=O)C3N(CCCCCCO)C(=O)[C@@H]4[C@H]2C1=O. The number of aliphatic hydroxyl groups is 1. The van der Waals surface area contributed by atoms with E-state index in [2.05, 4.69) is 43.1 Å². The maximum Gasteiger partial charge on any atom is 0.247 e. The average Bonchev–Trinajstić information content (AvgIpc) is 3.21. The van der Waals surface area contributed by atoms with Crippen LogP contribution < -0.4 is 0 Å². The van der Waals surface area contributed by atoms with E-state index in [4.69, 9.17) is 4.74 Å². The van der Waals surface area contributed by atoms with Gasteiger partial charge in [0.25, 0.3) is 0 Å². The van der Waals surface area contributed by atoms with Gasteiger partial charge < -0.3 is 24.5 Å². The fourth-order valence-corrected chi connectivity index (χ4v) is 9.52. The first kappa shape index (κ1) is 29.6. The Hall–Kier alpha value is -1.88. The highest BCUT2D eigenvalue weighted by atomic mass is 32.2. The molecule has 0 aliphatic carbocycles. The molecule has 0 aromatic carbocycles. The number of ether oxygens (including phenoxy) is 1. The van der Waals surface area contributed by atoms with E-state index in [-0.39, 0.29) is 24.3 Å². The summed E-state index contributed by atoms with van der Waals surface area (Å²) in [5.74, 6) is -1.09. The van der Waals surface area contributed by atoms with Crippen molar-refractivity contribution >= 4 is 29.5 Å². The van der Waals surface area contributed by atoms with Crippen LogP contribution >= 0.6 is 11.8 Å². The van der Waals surface area contributed by atoms with Gasteiger partial charge in [-0.2, -0.15) is 0 Å². The quantitative estimate of drug-likeness (QED) is 0.297. The van der Waals surface area contributed by atoms with Gasteiger partial charge in [0.15, 0.2) is 0 Å². The number of unbranched alkanes of at least 4 members (excludes halogenated alkanes) is 3. The Balaban J connectivity index is 1.46. The monoisotopic (exact) mass is 574 g/mol. The van der Waals surface area contributed by atoms with E-state index in [0.29, 0.717) is 45.9 Å². The first-order valence-corrected chi connectivity index (χ1v) is 16.0. The number of nitrogens with zero attached hydrogens (tertiary/aromatic N) is 4. The maximum atomic E-state index is 14.4. The van der Waals surface area contributed by atoms with Gasteiger partial charge in [0.2, 0.25) is 17.7 Å². The molecule has 1 spiro atoms. The number of hydrogen-bond donors (Lipinski definition) is 1. The van der Waals surface area contributed by atoms with Gasteiger partial charge in [0, 0.05) is 63.7 Å². The number of amides is 3. The summed E-state index contributed by atoms with van der Waals surface area (Å²) >= 11 is 1.67. The summed E-state index contributed by atoms with van der Waals surface area (Å²) < 4.78 is 4.16. The van der Waals surface area contributed by atoms with Crippen LogP contribution in [0.4, 0.5) is 0 Å². The zero-order chi connectivity index (χ0) is 28.3. The lowest BCUT2D eigenvalue weighted by Crippen LogP contribution is -2.54. The van der Waals surface area contributed by atoms with Crippen molar-refractivity contribution in [3.8, 4) is 0 Å². The van der Waals surface area contributed by atoms with Crippen LogP contribution in [-0.4, -0.2) is 130 Å². The number of carbonyl (C=O) groups excluding carboxylic acids is 3. The van der Waals surface area contributed by atoms with Gasteiger partial charge in [0.05, 0.1) is 29.8 Å².